The Balaban J connectivity index is 1.97. The number of hydrogen-bond acceptors (Lipinski definition) is 5. The number of anilines is 1. The topological polar surface area (TPSA) is 65.9 Å². The number of unbranched alkanes of at least 4 members (excludes halogenated alkanes) is 1. The molecule has 0 radical (unpaired) electrons. The van der Waals surface area contributed by atoms with Crippen LogP contribution in [0.1, 0.15) is 26.7 Å². The lowest BCUT2D eigenvalue weighted by atomic mass is 10.3. The van der Waals surface area contributed by atoms with E-state index in [2.05, 4.69) is 54.9 Å². The van der Waals surface area contributed by atoms with Crippen molar-refractivity contribution in [1.82, 2.24) is 20.2 Å². The second kappa shape index (κ2) is 9.66. The largest absolute Gasteiger partial charge is 0.480 e. The van der Waals surface area contributed by atoms with Gasteiger partial charge in [-0.2, -0.15) is 4.98 Å². The highest BCUT2D eigenvalue weighted by atomic mass is 79.9. The van der Waals surface area contributed by atoms with E-state index in [-0.39, 0.29) is 0 Å². The molecule has 1 aromatic heterocycles. The van der Waals surface area contributed by atoms with Gasteiger partial charge in [-0.3, -0.25) is 4.99 Å². The smallest absolute Gasteiger partial charge is 0.232 e. The average molecular weight is 399 g/mol. The maximum absolute atomic E-state index is 5.26. The highest BCUT2D eigenvalue weighted by Gasteiger charge is 2.22. The number of rotatable bonds is 6. The van der Waals surface area contributed by atoms with Crippen LogP contribution in [-0.2, 0) is 0 Å². The fourth-order valence-electron chi connectivity index (χ4n) is 2.53. The van der Waals surface area contributed by atoms with Gasteiger partial charge in [0.05, 0.1) is 17.8 Å². The Morgan fingerprint density at radius 2 is 2.08 bits per heavy atom. The summed E-state index contributed by atoms with van der Waals surface area (Å²) in [6.07, 6.45) is 4.03. The normalized spacial score (nSPS) is 15.6. The van der Waals surface area contributed by atoms with Crippen molar-refractivity contribution in [1.29, 1.82) is 0 Å². The summed E-state index contributed by atoms with van der Waals surface area (Å²) in [5.41, 5.74) is 0. The number of piperazine rings is 1. The zero-order valence-corrected chi connectivity index (χ0v) is 16.3. The second-order valence-electron chi connectivity index (χ2n) is 5.59. The molecule has 24 heavy (non-hydrogen) atoms. The third-order valence-electron chi connectivity index (χ3n) is 3.86. The van der Waals surface area contributed by atoms with Crippen molar-refractivity contribution < 1.29 is 4.74 Å². The monoisotopic (exact) mass is 398 g/mol. The molecular weight excluding hydrogens is 372 g/mol. The highest BCUT2D eigenvalue weighted by Crippen LogP contribution is 2.23. The van der Waals surface area contributed by atoms with Crippen molar-refractivity contribution in [3.8, 4) is 5.88 Å². The number of ether oxygens (including phenoxy) is 1. The maximum atomic E-state index is 5.26. The van der Waals surface area contributed by atoms with E-state index in [1.807, 2.05) is 0 Å². The van der Waals surface area contributed by atoms with Crippen molar-refractivity contribution in [3.63, 3.8) is 0 Å². The molecule has 1 aliphatic heterocycles. The van der Waals surface area contributed by atoms with Crippen LogP contribution in [0.4, 0.5) is 5.95 Å². The molecule has 1 aromatic rings. The lowest BCUT2D eigenvalue weighted by Crippen LogP contribution is -2.53. The standard InChI is InChI=1S/C16H27BrN6O/c1-4-6-7-19-15(18-5-2)22-8-10-23(11-9-22)16-20-12-13(17)14(21-16)24-3/h12H,4-11H2,1-3H3,(H,18,19). The van der Waals surface area contributed by atoms with E-state index in [0.717, 1.165) is 56.1 Å². The molecule has 1 N–H and O–H groups in total. The van der Waals surface area contributed by atoms with Gasteiger partial charge in [-0.1, -0.05) is 13.3 Å². The van der Waals surface area contributed by atoms with E-state index in [9.17, 15) is 0 Å². The minimum absolute atomic E-state index is 0.567. The van der Waals surface area contributed by atoms with Gasteiger partial charge in [0.25, 0.3) is 0 Å². The van der Waals surface area contributed by atoms with Crippen LogP contribution in [0, 0.1) is 0 Å². The molecule has 1 fully saturated rings. The SMILES string of the molecule is CCCCN=C(NCC)N1CCN(c2ncc(Br)c(OC)n2)CC1. The molecule has 0 amide bonds. The zero-order chi connectivity index (χ0) is 17.4. The first kappa shape index (κ1) is 18.8. The van der Waals surface area contributed by atoms with Crippen LogP contribution < -0.4 is 15.0 Å². The van der Waals surface area contributed by atoms with E-state index in [1.165, 1.54) is 6.42 Å². The molecule has 0 atom stereocenters. The molecule has 0 bridgehead atoms. The number of hydrogen-bond donors (Lipinski definition) is 1. The van der Waals surface area contributed by atoms with Crippen LogP contribution in [0.3, 0.4) is 0 Å². The molecular formula is C16H27BrN6O. The van der Waals surface area contributed by atoms with E-state index in [4.69, 9.17) is 9.73 Å². The number of aliphatic imine (C=N–C) groups is 1. The highest BCUT2D eigenvalue weighted by molar-refractivity contribution is 9.10. The van der Waals surface area contributed by atoms with Crippen molar-refractivity contribution in [2.75, 3.05) is 51.3 Å². The molecule has 2 heterocycles. The van der Waals surface area contributed by atoms with Crippen molar-refractivity contribution in [2.24, 2.45) is 4.99 Å². The third kappa shape index (κ3) is 4.96. The van der Waals surface area contributed by atoms with Crippen molar-refractivity contribution in [2.45, 2.75) is 26.7 Å². The summed E-state index contributed by atoms with van der Waals surface area (Å²) in [4.78, 5) is 18.1. The van der Waals surface area contributed by atoms with E-state index in [1.54, 1.807) is 13.3 Å². The van der Waals surface area contributed by atoms with Gasteiger partial charge in [-0.05, 0) is 29.3 Å². The summed E-state index contributed by atoms with van der Waals surface area (Å²) in [7, 11) is 1.62. The predicted molar refractivity (Wildman–Crippen MR) is 101 cm³/mol. The Bertz CT molecular complexity index is 545. The summed E-state index contributed by atoms with van der Waals surface area (Å²) in [6.45, 7) is 9.59. The lowest BCUT2D eigenvalue weighted by Gasteiger charge is -2.36. The Morgan fingerprint density at radius 1 is 1.33 bits per heavy atom. The molecule has 0 unspecified atom stereocenters. The number of nitrogens with zero attached hydrogens (tertiary/aromatic N) is 5. The fourth-order valence-corrected chi connectivity index (χ4v) is 2.88. The number of halogens is 1. The molecule has 8 heteroatoms. The van der Waals surface area contributed by atoms with Gasteiger partial charge >= 0.3 is 0 Å². The summed E-state index contributed by atoms with van der Waals surface area (Å²) >= 11 is 3.39. The molecule has 0 saturated carbocycles. The summed E-state index contributed by atoms with van der Waals surface area (Å²) in [6, 6.07) is 0. The number of nitrogens with one attached hydrogen (secondary N) is 1. The van der Waals surface area contributed by atoms with E-state index < -0.39 is 0 Å². The van der Waals surface area contributed by atoms with Crippen LogP contribution in [0.25, 0.3) is 0 Å². The van der Waals surface area contributed by atoms with Crippen LogP contribution in [-0.4, -0.2) is 67.2 Å². The quantitative estimate of drug-likeness (QED) is 0.449. The Kier molecular flexibility index (Phi) is 7.55. The molecule has 134 valence electrons. The van der Waals surface area contributed by atoms with Gasteiger partial charge in [0, 0.05) is 39.3 Å². The minimum Gasteiger partial charge on any atom is -0.480 e. The first-order valence-electron chi connectivity index (χ1n) is 8.54. The van der Waals surface area contributed by atoms with Gasteiger partial charge in [0.15, 0.2) is 5.96 Å². The Morgan fingerprint density at radius 3 is 2.71 bits per heavy atom. The lowest BCUT2D eigenvalue weighted by molar-refractivity contribution is 0.366. The summed E-state index contributed by atoms with van der Waals surface area (Å²) < 4.78 is 6.03. The van der Waals surface area contributed by atoms with Gasteiger partial charge in [-0.15, -0.1) is 0 Å². The molecule has 0 aromatic carbocycles. The number of aromatic nitrogens is 2. The first-order chi connectivity index (χ1) is 11.7. The summed E-state index contributed by atoms with van der Waals surface area (Å²) in [5, 5.41) is 3.39. The Labute approximate surface area is 152 Å². The van der Waals surface area contributed by atoms with Crippen molar-refractivity contribution in [3.05, 3.63) is 10.7 Å². The van der Waals surface area contributed by atoms with Crippen LogP contribution in [0.2, 0.25) is 0 Å². The van der Waals surface area contributed by atoms with Crippen molar-refractivity contribution >= 4 is 27.8 Å². The van der Waals surface area contributed by atoms with Gasteiger partial charge < -0.3 is 19.9 Å². The van der Waals surface area contributed by atoms with Gasteiger partial charge in [0.2, 0.25) is 11.8 Å². The van der Waals surface area contributed by atoms with E-state index >= 15 is 0 Å². The predicted octanol–water partition coefficient (Wildman–Crippen LogP) is 2.14. The molecule has 0 spiro atoms. The van der Waals surface area contributed by atoms with Crippen LogP contribution in [0.5, 0.6) is 5.88 Å². The molecule has 7 nitrogen and oxygen atoms in total. The number of methoxy groups -OCH3 is 1. The molecule has 1 aliphatic rings. The molecule has 0 aliphatic carbocycles. The maximum Gasteiger partial charge on any atom is 0.232 e. The third-order valence-corrected chi connectivity index (χ3v) is 4.41. The minimum atomic E-state index is 0.567. The average Bonchev–Trinajstić information content (AvgIpc) is 2.62. The summed E-state index contributed by atoms with van der Waals surface area (Å²) in [5.74, 6) is 2.29. The second-order valence-corrected chi connectivity index (χ2v) is 6.44. The number of guanidine groups is 1. The van der Waals surface area contributed by atoms with Crippen LogP contribution in [0.15, 0.2) is 15.7 Å². The van der Waals surface area contributed by atoms with Crippen LogP contribution >= 0.6 is 15.9 Å². The first-order valence-corrected chi connectivity index (χ1v) is 9.33. The van der Waals surface area contributed by atoms with E-state index in [0.29, 0.717) is 11.8 Å². The van der Waals surface area contributed by atoms with Gasteiger partial charge in [-0.25, -0.2) is 4.98 Å². The zero-order valence-electron chi connectivity index (χ0n) is 14.8. The Hall–Kier alpha value is -1.57. The molecule has 1 saturated heterocycles. The fraction of sp³-hybridized carbons (Fsp3) is 0.688. The molecule has 2 rings (SSSR count). The van der Waals surface area contributed by atoms with Gasteiger partial charge in [0.1, 0.15) is 0 Å².